The van der Waals surface area contributed by atoms with Gasteiger partial charge in [0.2, 0.25) is 0 Å². The summed E-state index contributed by atoms with van der Waals surface area (Å²) in [6.45, 7) is 9.82. The van der Waals surface area contributed by atoms with E-state index >= 15 is 0 Å². The molecule has 1 fully saturated rings. The van der Waals surface area contributed by atoms with Crippen LogP contribution in [0, 0.1) is 20.8 Å². The Hall–Kier alpha value is -2.40. The predicted molar refractivity (Wildman–Crippen MR) is 102 cm³/mol. The van der Waals surface area contributed by atoms with Gasteiger partial charge in [-0.25, -0.2) is 0 Å². The number of aryl methyl sites for hydroxylation is 1. The minimum Gasteiger partial charge on any atom is -0.508 e. The van der Waals surface area contributed by atoms with E-state index in [1.54, 1.807) is 18.3 Å². The van der Waals surface area contributed by atoms with Crippen LogP contribution in [0.1, 0.15) is 52.1 Å². The number of phenols is 1. The number of benzene rings is 1. The van der Waals surface area contributed by atoms with Crippen molar-refractivity contribution in [1.29, 1.82) is 0 Å². The number of aromatic hydroxyl groups is 1. The minimum atomic E-state index is -0.0493. The van der Waals surface area contributed by atoms with Crippen molar-refractivity contribution in [3.05, 3.63) is 58.4 Å². The maximum atomic E-state index is 12.5. The highest BCUT2D eigenvalue weighted by atomic mass is 16.3. The summed E-state index contributed by atoms with van der Waals surface area (Å²) in [4.78, 5) is 19.1. The second-order valence-electron chi connectivity index (χ2n) is 7.19. The molecule has 0 radical (unpaired) electrons. The molecule has 5 nitrogen and oxygen atoms in total. The number of amides is 1. The largest absolute Gasteiger partial charge is 0.508 e. The zero-order chi connectivity index (χ0) is 18.8. The molecule has 26 heavy (non-hydrogen) atoms. The fourth-order valence-electron chi connectivity index (χ4n) is 3.72. The Morgan fingerprint density at radius 2 is 2.04 bits per heavy atom. The van der Waals surface area contributed by atoms with E-state index in [0.29, 0.717) is 11.3 Å². The molecule has 5 heteroatoms. The normalized spacial score (nSPS) is 18.7. The van der Waals surface area contributed by atoms with Gasteiger partial charge in [0, 0.05) is 37.1 Å². The van der Waals surface area contributed by atoms with Crippen LogP contribution < -0.4 is 5.32 Å². The number of hydrogen-bond acceptors (Lipinski definition) is 4. The topological polar surface area (TPSA) is 65.5 Å². The van der Waals surface area contributed by atoms with Gasteiger partial charge in [0.25, 0.3) is 5.91 Å². The molecule has 1 aliphatic heterocycles. The van der Waals surface area contributed by atoms with Crippen molar-refractivity contribution in [3.8, 4) is 5.75 Å². The van der Waals surface area contributed by atoms with Gasteiger partial charge < -0.3 is 10.4 Å². The highest BCUT2D eigenvalue weighted by Gasteiger charge is 2.29. The number of phenolic OH excluding ortho intramolecular Hbond substituents is 1. The summed E-state index contributed by atoms with van der Waals surface area (Å²) in [5.74, 6) is 0.295. The molecule has 2 heterocycles. The standard InChI is InChI=1S/C21H27N3O2/c1-13-14(2)20(25)8-7-18(13)16(4)24-11-9-17(12-24)23-21(26)19-6-5-10-22-15(19)3/h5-8,10,16-17,25H,9,11-12H2,1-4H3,(H,23,26)/t16?,17-/m1/s1. The van der Waals surface area contributed by atoms with E-state index in [1.165, 1.54) is 5.56 Å². The maximum Gasteiger partial charge on any atom is 0.253 e. The van der Waals surface area contributed by atoms with E-state index in [9.17, 15) is 9.90 Å². The van der Waals surface area contributed by atoms with Crippen LogP contribution in [0.3, 0.4) is 0 Å². The lowest BCUT2D eigenvalue weighted by Gasteiger charge is -2.27. The van der Waals surface area contributed by atoms with E-state index in [2.05, 4.69) is 29.0 Å². The van der Waals surface area contributed by atoms with Gasteiger partial charge >= 0.3 is 0 Å². The number of pyridine rings is 1. The van der Waals surface area contributed by atoms with E-state index in [1.807, 2.05) is 26.0 Å². The molecule has 1 aromatic heterocycles. The van der Waals surface area contributed by atoms with Gasteiger partial charge in [0.05, 0.1) is 5.56 Å². The number of carbonyl (C=O) groups is 1. The van der Waals surface area contributed by atoms with Crippen molar-refractivity contribution in [2.24, 2.45) is 0 Å². The van der Waals surface area contributed by atoms with Crippen molar-refractivity contribution >= 4 is 5.91 Å². The molecule has 1 unspecified atom stereocenters. The first-order valence-electron chi connectivity index (χ1n) is 9.14. The Morgan fingerprint density at radius 3 is 2.77 bits per heavy atom. The van der Waals surface area contributed by atoms with Crippen LogP contribution in [0.15, 0.2) is 30.5 Å². The van der Waals surface area contributed by atoms with Crippen LogP contribution in [-0.4, -0.2) is 40.0 Å². The lowest BCUT2D eigenvalue weighted by molar-refractivity contribution is 0.0935. The number of nitrogens with zero attached hydrogens (tertiary/aromatic N) is 2. The first-order chi connectivity index (χ1) is 12.4. The Balaban J connectivity index is 1.66. The third-order valence-electron chi connectivity index (χ3n) is 5.60. The number of carbonyl (C=O) groups excluding carboxylic acids is 1. The average molecular weight is 353 g/mol. The average Bonchev–Trinajstić information content (AvgIpc) is 3.08. The summed E-state index contributed by atoms with van der Waals surface area (Å²) in [7, 11) is 0. The first-order valence-corrected chi connectivity index (χ1v) is 9.14. The smallest absolute Gasteiger partial charge is 0.253 e. The van der Waals surface area contributed by atoms with Crippen LogP contribution >= 0.6 is 0 Å². The van der Waals surface area contributed by atoms with Gasteiger partial charge in [0.1, 0.15) is 5.75 Å². The third-order valence-corrected chi connectivity index (χ3v) is 5.60. The van der Waals surface area contributed by atoms with Crippen LogP contribution in [-0.2, 0) is 0 Å². The zero-order valence-electron chi connectivity index (χ0n) is 15.9. The van der Waals surface area contributed by atoms with Crippen LogP contribution in [0.5, 0.6) is 5.75 Å². The molecule has 3 rings (SSSR count). The number of nitrogens with one attached hydrogen (secondary N) is 1. The van der Waals surface area contributed by atoms with Gasteiger partial charge in [-0.15, -0.1) is 0 Å². The second kappa shape index (κ2) is 7.46. The molecule has 2 N–H and O–H groups in total. The molecule has 1 amide bonds. The molecule has 1 aliphatic rings. The SMILES string of the molecule is Cc1ncccc1C(=O)N[C@@H]1CCN(C(C)c2ccc(O)c(C)c2C)C1. The van der Waals surface area contributed by atoms with E-state index in [4.69, 9.17) is 0 Å². The number of hydrogen-bond donors (Lipinski definition) is 2. The van der Waals surface area contributed by atoms with Crippen LogP contribution in [0.2, 0.25) is 0 Å². The predicted octanol–water partition coefficient (Wildman–Crippen LogP) is 3.28. The molecule has 0 bridgehead atoms. The quantitative estimate of drug-likeness (QED) is 0.885. The van der Waals surface area contributed by atoms with Gasteiger partial charge in [-0.3, -0.25) is 14.7 Å². The Morgan fingerprint density at radius 1 is 1.27 bits per heavy atom. The molecule has 0 spiro atoms. The Kier molecular flexibility index (Phi) is 5.28. The van der Waals surface area contributed by atoms with Crippen molar-refractivity contribution in [2.75, 3.05) is 13.1 Å². The summed E-state index contributed by atoms with van der Waals surface area (Å²) in [5.41, 5.74) is 4.70. The summed E-state index contributed by atoms with van der Waals surface area (Å²) < 4.78 is 0. The summed E-state index contributed by atoms with van der Waals surface area (Å²) in [6, 6.07) is 7.78. The van der Waals surface area contributed by atoms with Gasteiger partial charge in [0.15, 0.2) is 0 Å². The number of aromatic nitrogens is 1. The van der Waals surface area contributed by atoms with E-state index < -0.39 is 0 Å². The fraction of sp³-hybridized carbons (Fsp3) is 0.429. The molecule has 1 saturated heterocycles. The van der Waals surface area contributed by atoms with E-state index in [-0.39, 0.29) is 18.0 Å². The van der Waals surface area contributed by atoms with Crippen LogP contribution in [0.4, 0.5) is 0 Å². The van der Waals surface area contributed by atoms with Gasteiger partial charge in [-0.05, 0) is 69.0 Å². The second-order valence-corrected chi connectivity index (χ2v) is 7.19. The van der Waals surface area contributed by atoms with Crippen molar-refractivity contribution in [1.82, 2.24) is 15.2 Å². The maximum absolute atomic E-state index is 12.5. The highest BCUT2D eigenvalue weighted by molar-refractivity contribution is 5.95. The zero-order valence-corrected chi connectivity index (χ0v) is 15.9. The minimum absolute atomic E-state index is 0.0493. The lowest BCUT2D eigenvalue weighted by atomic mass is 9.97. The molecule has 2 atom stereocenters. The highest BCUT2D eigenvalue weighted by Crippen LogP contribution is 2.31. The molecule has 138 valence electrons. The Labute approximate surface area is 155 Å². The van der Waals surface area contributed by atoms with Crippen molar-refractivity contribution < 1.29 is 9.90 Å². The summed E-state index contributed by atoms with van der Waals surface area (Å²) in [5, 5.41) is 13.0. The monoisotopic (exact) mass is 353 g/mol. The molecule has 0 saturated carbocycles. The fourth-order valence-corrected chi connectivity index (χ4v) is 3.72. The molecule has 1 aromatic carbocycles. The van der Waals surface area contributed by atoms with Crippen LogP contribution in [0.25, 0.3) is 0 Å². The number of likely N-dealkylation sites (tertiary alicyclic amines) is 1. The first kappa shape index (κ1) is 18.4. The lowest BCUT2D eigenvalue weighted by Crippen LogP contribution is -2.38. The van der Waals surface area contributed by atoms with E-state index in [0.717, 1.165) is 36.3 Å². The Bertz CT molecular complexity index is 819. The molecule has 2 aromatic rings. The molecular weight excluding hydrogens is 326 g/mol. The summed E-state index contributed by atoms with van der Waals surface area (Å²) in [6.07, 6.45) is 2.64. The van der Waals surface area contributed by atoms with Crippen molar-refractivity contribution in [3.63, 3.8) is 0 Å². The third kappa shape index (κ3) is 3.58. The molecular formula is C21H27N3O2. The molecule has 0 aliphatic carbocycles. The number of rotatable bonds is 4. The van der Waals surface area contributed by atoms with Gasteiger partial charge in [-0.2, -0.15) is 0 Å². The summed E-state index contributed by atoms with van der Waals surface area (Å²) >= 11 is 0. The van der Waals surface area contributed by atoms with Crippen molar-refractivity contribution in [2.45, 2.75) is 46.2 Å². The van der Waals surface area contributed by atoms with Gasteiger partial charge in [-0.1, -0.05) is 6.07 Å².